The van der Waals surface area contributed by atoms with E-state index in [1.165, 1.54) is 17.7 Å². The summed E-state index contributed by atoms with van der Waals surface area (Å²) in [5.74, 6) is -0.249. The van der Waals surface area contributed by atoms with E-state index in [2.05, 4.69) is 50.0 Å². The maximum atomic E-state index is 13.5. The van der Waals surface area contributed by atoms with Crippen LogP contribution in [-0.2, 0) is 6.42 Å². The molecule has 2 atom stereocenters. The van der Waals surface area contributed by atoms with Crippen LogP contribution in [0.3, 0.4) is 0 Å². The Morgan fingerprint density at radius 1 is 1.10 bits per heavy atom. The SMILES string of the molecule is CC1=C(c2ccc(F)cc2)c2[nH]ncc2C[C@]1(C)CC(O)c1c(C)cccc1C. The summed E-state index contributed by atoms with van der Waals surface area (Å²) in [4.78, 5) is 0. The van der Waals surface area contributed by atoms with Crippen LogP contribution in [0.2, 0.25) is 0 Å². The smallest absolute Gasteiger partial charge is 0.123 e. The molecule has 4 heteroatoms. The highest BCUT2D eigenvalue weighted by atomic mass is 19.1. The highest BCUT2D eigenvalue weighted by Crippen LogP contribution is 2.49. The second kappa shape index (κ2) is 7.27. The van der Waals surface area contributed by atoms with E-state index in [4.69, 9.17) is 0 Å². The molecule has 0 saturated heterocycles. The molecular formula is C25H27FN2O. The normalized spacial score (nSPS) is 19.9. The first kappa shape index (κ1) is 19.6. The van der Waals surface area contributed by atoms with E-state index in [0.717, 1.165) is 45.5 Å². The van der Waals surface area contributed by atoms with E-state index < -0.39 is 6.10 Å². The molecule has 1 unspecified atom stereocenters. The van der Waals surface area contributed by atoms with Crippen molar-refractivity contribution in [3.63, 3.8) is 0 Å². The number of aliphatic hydroxyl groups is 1. The number of aryl methyl sites for hydroxylation is 2. The Morgan fingerprint density at radius 3 is 2.41 bits per heavy atom. The molecule has 1 aliphatic rings. The number of H-pyrrole nitrogens is 1. The fourth-order valence-corrected chi connectivity index (χ4v) is 4.79. The highest BCUT2D eigenvalue weighted by molar-refractivity contribution is 5.83. The Hall–Kier alpha value is -2.72. The van der Waals surface area contributed by atoms with E-state index in [1.807, 2.05) is 24.4 Å². The lowest BCUT2D eigenvalue weighted by Gasteiger charge is -2.38. The molecule has 0 amide bonds. The Morgan fingerprint density at radius 2 is 1.76 bits per heavy atom. The molecule has 0 spiro atoms. The number of nitrogens with zero attached hydrogens (tertiary/aromatic N) is 1. The second-order valence-electron chi connectivity index (χ2n) is 8.54. The summed E-state index contributed by atoms with van der Waals surface area (Å²) >= 11 is 0. The fraction of sp³-hybridized carbons (Fsp3) is 0.320. The lowest BCUT2D eigenvalue weighted by Crippen LogP contribution is -2.29. The van der Waals surface area contributed by atoms with Gasteiger partial charge in [0, 0.05) is 5.57 Å². The molecule has 1 aromatic heterocycles. The number of fused-ring (bicyclic) bond motifs is 1. The van der Waals surface area contributed by atoms with Crippen LogP contribution in [0.5, 0.6) is 0 Å². The Bertz CT molecular complexity index is 1060. The molecule has 29 heavy (non-hydrogen) atoms. The number of hydrogen-bond donors (Lipinski definition) is 2. The first-order chi connectivity index (χ1) is 13.8. The third kappa shape index (κ3) is 3.42. The lowest BCUT2D eigenvalue weighted by molar-refractivity contribution is 0.120. The summed E-state index contributed by atoms with van der Waals surface area (Å²) < 4.78 is 13.5. The van der Waals surface area contributed by atoms with Crippen LogP contribution in [0.15, 0.2) is 54.2 Å². The zero-order chi connectivity index (χ0) is 20.8. The monoisotopic (exact) mass is 390 g/mol. The Balaban J connectivity index is 1.78. The summed E-state index contributed by atoms with van der Waals surface area (Å²) in [5.41, 5.74) is 8.33. The molecule has 0 fully saturated rings. The number of aliphatic hydroxyl groups excluding tert-OH is 1. The summed E-state index contributed by atoms with van der Waals surface area (Å²) in [7, 11) is 0. The fourth-order valence-electron chi connectivity index (χ4n) is 4.79. The second-order valence-corrected chi connectivity index (χ2v) is 8.54. The molecular weight excluding hydrogens is 363 g/mol. The molecule has 150 valence electrons. The summed E-state index contributed by atoms with van der Waals surface area (Å²) in [6.07, 6.45) is 2.73. The minimum absolute atomic E-state index is 0.241. The van der Waals surface area contributed by atoms with E-state index in [9.17, 15) is 9.50 Å². The number of benzene rings is 2. The quantitative estimate of drug-likeness (QED) is 0.603. The number of aromatic amines is 1. The van der Waals surface area contributed by atoms with E-state index in [-0.39, 0.29) is 11.2 Å². The third-order valence-electron chi connectivity index (χ3n) is 6.48. The van der Waals surface area contributed by atoms with Gasteiger partial charge in [0.1, 0.15) is 5.82 Å². The zero-order valence-corrected chi connectivity index (χ0v) is 17.4. The maximum absolute atomic E-state index is 13.5. The predicted molar refractivity (Wildman–Crippen MR) is 114 cm³/mol. The van der Waals surface area contributed by atoms with Gasteiger partial charge in [0.15, 0.2) is 0 Å². The minimum atomic E-state index is -0.556. The van der Waals surface area contributed by atoms with Gasteiger partial charge in [-0.05, 0) is 79.0 Å². The van der Waals surface area contributed by atoms with Crippen molar-refractivity contribution in [2.24, 2.45) is 5.41 Å². The van der Waals surface area contributed by atoms with Crippen LogP contribution in [0.1, 0.15) is 59.9 Å². The van der Waals surface area contributed by atoms with Gasteiger partial charge in [-0.25, -0.2) is 4.39 Å². The molecule has 2 aromatic carbocycles. The van der Waals surface area contributed by atoms with Gasteiger partial charge in [0.25, 0.3) is 0 Å². The molecule has 2 N–H and O–H groups in total. The molecule has 3 aromatic rings. The van der Waals surface area contributed by atoms with E-state index in [1.54, 1.807) is 0 Å². The van der Waals surface area contributed by atoms with E-state index >= 15 is 0 Å². The Labute approximate surface area is 171 Å². The number of aromatic nitrogens is 2. The van der Waals surface area contributed by atoms with Crippen LogP contribution in [-0.4, -0.2) is 15.3 Å². The van der Waals surface area contributed by atoms with Crippen LogP contribution >= 0.6 is 0 Å². The van der Waals surface area contributed by atoms with Crippen molar-refractivity contribution in [3.8, 4) is 0 Å². The van der Waals surface area contributed by atoms with Crippen molar-refractivity contribution in [2.45, 2.75) is 46.6 Å². The molecule has 1 heterocycles. The minimum Gasteiger partial charge on any atom is -0.388 e. The molecule has 3 nitrogen and oxygen atoms in total. The van der Waals surface area contributed by atoms with Crippen molar-refractivity contribution < 1.29 is 9.50 Å². The molecule has 0 bridgehead atoms. The summed E-state index contributed by atoms with van der Waals surface area (Å²) in [6, 6.07) is 12.7. The van der Waals surface area contributed by atoms with Crippen molar-refractivity contribution in [1.29, 1.82) is 0 Å². The molecule has 0 aliphatic heterocycles. The van der Waals surface area contributed by atoms with Gasteiger partial charge in [0.05, 0.1) is 18.0 Å². The number of nitrogens with one attached hydrogen (secondary N) is 1. The largest absolute Gasteiger partial charge is 0.388 e. The van der Waals surface area contributed by atoms with Crippen molar-refractivity contribution in [3.05, 3.63) is 93.6 Å². The standard InChI is InChI=1S/C25H27FN2O/c1-15-6-5-7-16(2)22(15)21(29)13-25(4)12-19-14-27-28-24(19)23(17(25)3)18-8-10-20(26)11-9-18/h5-11,14,21,29H,12-13H2,1-4H3,(H,27,28)/t21?,25-/m1/s1. The molecule has 0 radical (unpaired) electrons. The van der Waals surface area contributed by atoms with Gasteiger partial charge in [-0.2, -0.15) is 5.10 Å². The molecule has 4 rings (SSSR count). The zero-order valence-electron chi connectivity index (χ0n) is 17.4. The number of halogens is 1. The van der Waals surface area contributed by atoms with Crippen LogP contribution < -0.4 is 0 Å². The van der Waals surface area contributed by atoms with Crippen molar-refractivity contribution >= 4 is 5.57 Å². The molecule has 0 saturated carbocycles. The van der Waals surface area contributed by atoms with Gasteiger partial charge in [0.2, 0.25) is 0 Å². The van der Waals surface area contributed by atoms with Crippen LogP contribution in [0.4, 0.5) is 4.39 Å². The summed E-state index contributed by atoms with van der Waals surface area (Å²) in [5, 5.41) is 18.6. The number of rotatable bonds is 4. The van der Waals surface area contributed by atoms with Crippen molar-refractivity contribution in [1.82, 2.24) is 10.2 Å². The highest BCUT2D eigenvalue weighted by Gasteiger charge is 2.38. The Kier molecular flexibility index (Phi) is 4.91. The van der Waals surface area contributed by atoms with Gasteiger partial charge < -0.3 is 5.11 Å². The van der Waals surface area contributed by atoms with Gasteiger partial charge >= 0.3 is 0 Å². The maximum Gasteiger partial charge on any atom is 0.123 e. The molecule has 1 aliphatic carbocycles. The lowest BCUT2D eigenvalue weighted by atomic mass is 9.66. The number of hydrogen-bond acceptors (Lipinski definition) is 2. The van der Waals surface area contributed by atoms with Gasteiger partial charge in [-0.15, -0.1) is 0 Å². The third-order valence-corrected chi connectivity index (χ3v) is 6.48. The first-order valence-electron chi connectivity index (χ1n) is 10.0. The number of allylic oxidation sites excluding steroid dienone is 1. The first-order valence-corrected chi connectivity index (χ1v) is 10.0. The van der Waals surface area contributed by atoms with Crippen LogP contribution in [0, 0.1) is 25.1 Å². The summed E-state index contributed by atoms with van der Waals surface area (Å²) in [6.45, 7) is 8.43. The van der Waals surface area contributed by atoms with Crippen LogP contribution in [0.25, 0.3) is 5.57 Å². The van der Waals surface area contributed by atoms with Gasteiger partial charge in [-0.3, -0.25) is 5.10 Å². The average molecular weight is 391 g/mol. The van der Waals surface area contributed by atoms with E-state index in [0.29, 0.717) is 6.42 Å². The average Bonchev–Trinajstić information content (AvgIpc) is 3.11. The van der Waals surface area contributed by atoms with Gasteiger partial charge in [-0.1, -0.05) is 42.8 Å². The predicted octanol–water partition coefficient (Wildman–Crippen LogP) is 5.67. The topological polar surface area (TPSA) is 48.9 Å². The van der Waals surface area contributed by atoms with Crippen molar-refractivity contribution in [2.75, 3.05) is 0 Å².